The Morgan fingerprint density at radius 1 is 1.04 bits per heavy atom. The van der Waals surface area contributed by atoms with Gasteiger partial charge in [-0.3, -0.25) is 0 Å². The highest BCUT2D eigenvalue weighted by Crippen LogP contribution is 2.24. The highest BCUT2D eigenvalue weighted by molar-refractivity contribution is 5.89. The summed E-state index contributed by atoms with van der Waals surface area (Å²) in [6.45, 7) is 3.85. The minimum absolute atomic E-state index is 0.240. The molecule has 0 aliphatic heterocycles. The minimum atomic E-state index is -0.460. The third-order valence-corrected chi connectivity index (χ3v) is 3.74. The second-order valence-corrected chi connectivity index (χ2v) is 5.52. The lowest BCUT2D eigenvalue weighted by molar-refractivity contribution is 0.0513. The van der Waals surface area contributed by atoms with Gasteiger partial charge < -0.3 is 14.0 Å². The van der Waals surface area contributed by atoms with Crippen LogP contribution in [-0.4, -0.2) is 17.7 Å². The maximum atomic E-state index is 12.0. The number of aromatic nitrogens is 1. The Balaban J connectivity index is 1.74. The first-order chi connectivity index (χ1) is 12.2. The lowest BCUT2D eigenvalue weighted by atomic mass is 10.0. The van der Waals surface area contributed by atoms with E-state index in [1.807, 2.05) is 54.6 Å². The van der Waals surface area contributed by atoms with Crippen LogP contribution < -0.4 is 4.74 Å². The van der Waals surface area contributed by atoms with E-state index in [0.717, 1.165) is 22.6 Å². The number of hydrogen-bond donors (Lipinski definition) is 0. The van der Waals surface area contributed by atoms with Crippen LogP contribution in [0.4, 0.5) is 0 Å². The van der Waals surface area contributed by atoms with Crippen molar-refractivity contribution in [2.24, 2.45) is 0 Å². The fourth-order valence-electron chi connectivity index (χ4n) is 2.46. The fraction of sp³-hybridized carbons (Fsp3) is 0.200. The molecule has 5 heteroatoms. The number of benzene rings is 2. The molecule has 1 aromatic heterocycles. The molecule has 0 aliphatic carbocycles. The minimum Gasteiger partial charge on any atom is -0.461 e. The Hall–Kier alpha value is -3.08. The maximum absolute atomic E-state index is 12.0. The summed E-state index contributed by atoms with van der Waals surface area (Å²) in [5.41, 5.74) is 2.01. The Labute approximate surface area is 146 Å². The van der Waals surface area contributed by atoms with Crippen molar-refractivity contribution in [2.45, 2.75) is 20.3 Å². The normalized spacial score (nSPS) is 10.5. The van der Waals surface area contributed by atoms with Crippen molar-refractivity contribution in [3.8, 4) is 11.5 Å². The van der Waals surface area contributed by atoms with Gasteiger partial charge in [0.15, 0.2) is 5.69 Å². The topological polar surface area (TPSA) is 61.6 Å². The molecule has 0 fully saturated rings. The molecule has 0 bridgehead atoms. The standard InChI is InChI=1S/C20H19NO4/c1-3-23-20(22)19-18(14(2)25-21-19)13-15-9-11-17(12-10-15)24-16-7-5-4-6-8-16/h4-12H,3,13H2,1-2H3. The van der Waals surface area contributed by atoms with Crippen LogP contribution in [0.1, 0.15) is 34.3 Å². The molecule has 0 saturated heterocycles. The first-order valence-electron chi connectivity index (χ1n) is 8.11. The first kappa shape index (κ1) is 16.8. The van der Waals surface area contributed by atoms with Crippen LogP contribution in [0.25, 0.3) is 0 Å². The molecule has 0 atom stereocenters. The molecule has 0 radical (unpaired) electrons. The quantitative estimate of drug-likeness (QED) is 0.618. The number of ether oxygens (including phenoxy) is 2. The average Bonchev–Trinajstić information content (AvgIpc) is 2.99. The van der Waals surface area contributed by atoms with E-state index < -0.39 is 5.97 Å². The molecule has 25 heavy (non-hydrogen) atoms. The number of carbonyl (C=O) groups excluding carboxylic acids is 1. The Morgan fingerprint density at radius 2 is 1.72 bits per heavy atom. The zero-order valence-corrected chi connectivity index (χ0v) is 14.2. The van der Waals surface area contributed by atoms with E-state index >= 15 is 0 Å². The number of hydrogen-bond acceptors (Lipinski definition) is 5. The molecule has 0 aliphatic rings. The summed E-state index contributed by atoms with van der Waals surface area (Å²) < 4.78 is 16.0. The van der Waals surface area contributed by atoms with Crippen LogP contribution in [-0.2, 0) is 11.2 Å². The van der Waals surface area contributed by atoms with E-state index in [1.165, 1.54) is 0 Å². The van der Waals surface area contributed by atoms with Crippen molar-refractivity contribution in [2.75, 3.05) is 6.61 Å². The van der Waals surface area contributed by atoms with E-state index in [1.54, 1.807) is 13.8 Å². The van der Waals surface area contributed by atoms with Crippen molar-refractivity contribution < 1.29 is 18.8 Å². The van der Waals surface area contributed by atoms with E-state index in [9.17, 15) is 4.79 Å². The Kier molecular flexibility index (Phi) is 5.14. The zero-order valence-electron chi connectivity index (χ0n) is 14.2. The number of nitrogens with zero attached hydrogens (tertiary/aromatic N) is 1. The highest BCUT2D eigenvalue weighted by Gasteiger charge is 2.21. The van der Waals surface area contributed by atoms with Gasteiger partial charge >= 0.3 is 5.97 Å². The van der Waals surface area contributed by atoms with Crippen molar-refractivity contribution in [1.29, 1.82) is 0 Å². The molecule has 0 amide bonds. The number of aryl methyl sites for hydroxylation is 1. The van der Waals surface area contributed by atoms with Gasteiger partial charge in [-0.1, -0.05) is 35.5 Å². The molecule has 0 unspecified atom stereocenters. The van der Waals surface area contributed by atoms with Gasteiger partial charge in [0.2, 0.25) is 0 Å². The molecule has 0 spiro atoms. The Morgan fingerprint density at radius 3 is 2.40 bits per heavy atom. The molecule has 5 nitrogen and oxygen atoms in total. The summed E-state index contributed by atoms with van der Waals surface area (Å²) in [6, 6.07) is 17.3. The summed E-state index contributed by atoms with van der Waals surface area (Å²) in [5.74, 6) is 1.70. The van der Waals surface area contributed by atoms with Crippen LogP contribution in [0.3, 0.4) is 0 Å². The second kappa shape index (κ2) is 7.66. The maximum Gasteiger partial charge on any atom is 0.360 e. The van der Waals surface area contributed by atoms with Gasteiger partial charge in [0, 0.05) is 12.0 Å². The summed E-state index contributed by atoms with van der Waals surface area (Å²) >= 11 is 0. The average molecular weight is 337 g/mol. The summed E-state index contributed by atoms with van der Waals surface area (Å²) in [7, 11) is 0. The molecule has 1 heterocycles. The molecule has 0 N–H and O–H groups in total. The molecule has 128 valence electrons. The third kappa shape index (κ3) is 4.07. The molecule has 2 aromatic carbocycles. The zero-order chi connectivity index (χ0) is 17.6. The van der Waals surface area contributed by atoms with E-state index in [4.69, 9.17) is 14.0 Å². The van der Waals surface area contributed by atoms with Gasteiger partial charge in [-0.15, -0.1) is 0 Å². The van der Waals surface area contributed by atoms with E-state index in [0.29, 0.717) is 18.8 Å². The van der Waals surface area contributed by atoms with Gasteiger partial charge in [-0.25, -0.2) is 4.79 Å². The van der Waals surface area contributed by atoms with Gasteiger partial charge in [0.1, 0.15) is 17.3 Å². The SMILES string of the molecule is CCOC(=O)c1noc(C)c1Cc1ccc(Oc2ccccc2)cc1. The molecular formula is C20H19NO4. The summed E-state index contributed by atoms with van der Waals surface area (Å²) in [6.07, 6.45) is 0.537. The fourth-order valence-corrected chi connectivity index (χ4v) is 2.46. The van der Waals surface area contributed by atoms with E-state index in [-0.39, 0.29) is 5.69 Å². The van der Waals surface area contributed by atoms with Gasteiger partial charge in [0.25, 0.3) is 0 Å². The lowest BCUT2D eigenvalue weighted by Crippen LogP contribution is -2.08. The second-order valence-electron chi connectivity index (χ2n) is 5.52. The van der Waals surface area contributed by atoms with Gasteiger partial charge in [-0.05, 0) is 43.7 Å². The van der Waals surface area contributed by atoms with Crippen molar-refractivity contribution in [3.63, 3.8) is 0 Å². The number of esters is 1. The number of rotatable bonds is 6. The molecular weight excluding hydrogens is 318 g/mol. The smallest absolute Gasteiger partial charge is 0.360 e. The third-order valence-electron chi connectivity index (χ3n) is 3.74. The predicted molar refractivity (Wildman–Crippen MR) is 93.0 cm³/mol. The van der Waals surface area contributed by atoms with Crippen molar-refractivity contribution in [1.82, 2.24) is 5.16 Å². The molecule has 3 rings (SSSR count). The van der Waals surface area contributed by atoms with Crippen molar-refractivity contribution >= 4 is 5.97 Å². The van der Waals surface area contributed by atoms with Crippen LogP contribution in [0.5, 0.6) is 11.5 Å². The molecule has 3 aromatic rings. The summed E-state index contributed by atoms with van der Waals surface area (Å²) in [5, 5.41) is 3.83. The number of para-hydroxylation sites is 1. The van der Waals surface area contributed by atoms with Gasteiger partial charge in [0.05, 0.1) is 6.61 Å². The summed E-state index contributed by atoms with van der Waals surface area (Å²) in [4.78, 5) is 12.0. The highest BCUT2D eigenvalue weighted by atomic mass is 16.5. The van der Waals surface area contributed by atoms with Gasteiger partial charge in [-0.2, -0.15) is 0 Å². The van der Waals surface area contributed by atoms with Crippen LogP contribution in [0, 0.1) is 6.92 Å². The predicted octanol–water partition coefficient (Wildman–Crippen LogP) is 4.54. The molecule has 0 saturated carbocycles. The van der Waals surface area contributed by atoms with Crippen LogP contribution >= 0.6 is 0 Å². The van der Waals surface area contributed by atoms with E-state index in [2.05, 4.69) is 5.16 Å². The largest absolute Gasteiger partial charge is 0.461 e. The van der Waals surface area contributed by atoms with Crippen LogP contribution in [0.15, 0.2) is 59.1 Å². The lowest BCUT2D eigenvalue weighted by Gasteiger charge is -2.07. The Bertz CT molecular complexity index is 838. The monoisotopic (exact) mass is 337 g/mol. The van der Waals surface area contributed by atoms with Crippen molar-refractivity contribution in [3.05, 3.63) is 77.2 Å². The van der Waals surface area contributed by atoms with Crippen LogP contribution in [0.2, 0.25) is 0 Å². The first-order valence-corrected chi connectivity index (χ1v) is 8.11. The number of carbonyl (C=O) groups is 1.